The Morgan fingerprint density at radius 2 is 1.18 bits per heavy atom. The molecule has 0 spiro atoms. The SMILES string of the molecule is O=C(O)c1ccc(C(=O)O)cc1.OCC(O)O. The molecule has 1 aromatic rings. The van der Waals surface area contributed by atoms with Crippen molar-refractivity contribution in [3.05, 3.63) is 35.4 Å². The van der Waals surface area contributed by atoms with Gasteiger partial charge in [-0.3, -0.25) is 0 Å². The van der Waals surface area contributed by atoms with Crippen LogP contribution in [0.2, 0.25) is 0 Å². The summed E-state index contributed by atoms with van der Waals surface area (Å²) in [5.41, 5.74) is 0.167. The van der Waals surface area contributed by atoms with Gasteiger partial charge < -0.3 is 25.5 Å². The molecule has 0 radical (unpaired) electrons. The van der Waals surface area contributed by atoms with Crippen LogP contribution in [0.4, 0.5) is 0 Å². The summed E-state index contributed by atoms with van der Waals surface area (Å²) >= 11 is 0. The Balaban J connectivity index is 0.000000437. The van der Waals surface area contributed by atoms with Crippen molar-refractivity contribution < 1.29 is 35.1 Å². The Hall–Kier alpha value is -1.96. The molecule has 7 nitrogen and oxygen atoms in total. The molecular formula is C10H12O7. The van der Waals surface area contributed by atoms with Crippen LogP contribution >= 0.6 is 0 Å². The van der Waals surface area contributed by atoms with Crippen LogP contribution in [0.5, 0.6) is 0 Å². The minimum Gasteiger partial charge on any atom is -0.478 e. The summed E-state index contributed by atoms with van der Waals surface area (Å²) in [5.74, 6) is -2.13. The van der Waals surface area contributed by atoms with Crippen molar-refractivity contribution in [2.45, 2.75) is 6.29 Å². The zero-order valence-electron chi connectivity index (χ0n) is 8.65. The molecule has 0 bridgehead atoms. The van der Waals surface area contributed by atoms with E-state index in [1.165, 1.54) is 24.3 Å². The molecule has 0 heterocycles. The first-order valence-corrected chi connectivity index (χ1v) is 4.42. The van der Waals surface area contributed by atoms with Gasteiger partial charge in [-0.05, 0) is 24.3 Å². The molecular weight excluding hydrogens is 232 g/mol. The third kappa shape index (κ3) is 6.25. The molecule has 5 N–H and O–H groups in total. The standard InChI is InChI=1S/C8H6O4.C2H6O3/c9-7(10)5-1-2-6(4-3-5)8(11)12;3-1-2(4)5/h1-4H,(H,9,10)(H,11,12);2-5H,1H2. The lowest BCUT2D eigenvalue weighted by molar-refractivity contribution is -0.0747. The second kappa shape index (κ2) is 7.34. The number of aromatic carboxylic acids is 2. The minimum absolute atomic E-state index is 0.0833. The van der Waals surface area contributed by atoms with Crippen molar-refractivity contribution in [2.24, 2.45) is 0 Å². The van der Waals surface area contributed by atoms with Crippen LogP contribution in [0.25, 0.3) is 0 Å². The Morgan fingerprint density at radius 1 is 0.941 bits per heavy atom. The third-order valence-electron chi connectivity index (χ3n) is 1.54. The Morgan fingerprint density at radius 3 is 1.29 bits per heavy atom. The highest BCUT2D eigenvalue weighted by Gasteiger charge is 2.04. The Bertz CT molecular complexity index is 336. The van der Waals surface area contributed by atoms with E-state index >= 15 is 0 Å². The highest BCUT2D eigenvalue weighted by molar-refractivity contribution is 5.91. The molecule has 7 heteroatoms. The van der Waals surface area contributed by atoms with Crippen LogP contribution < -0.4 is 0 Å². The number of carboxylic acid groups (broad SMARTS) is 2. The highest BCUT2D eigenvalue weighted by Crippen LogP contribution is 2.03. The fourth-order valence-corrected chi connectivity index (χ4v) is 0.755. The van der Waals surface area contributed by atoms with E-state index in [1.807, 2.05) is 0 Å². The summed E-state index contributed by atoms with van der Waals surface area (Å²) in [6, 6.07) is 5.02. The average Bonchev–Trinajstić information content (AvgIpc) is 2.29. The fraction of sp³-hybridized carbons (Fsp3) is 0.200. The summed E-state index contributed by atoms with van der Waals surface area (Å²) < 4.78 is 0. The van der Waals surface area contributed by atoms with Crippen molar-refractivity contribution in [3.63, 3.8) is 0 Å². The zero-order chi connectivity index (χ0) is 13.4. The Kier molecular flexibility index (Phi) is 6.49. The number of benzene rings is 1. The van der Waals surface area contributed by atoms with Crippen molar-refractivity contribution in [3.8, 4) is 0 Å². The largest absolute Gasteiger partial charge is 0.478 e. The van der Waals surface area contributed by atoms with Crippen LogP contribution in [0.1, 0.15) is 20.7 Å². The molecule has 0 saturated heterocycles. The van der Waals surface area contributed by atoms with Crippen molar-refractivity contribution in [1.82, 2.24) is 0 Å². The van der Waals surface area contributed by atoms with E-state index in [-0.39, 0.29) is 11.1 Å². The highest BCUT2D eigenvalue weighted by atomic mass is 16.5. The van der Waals surface area contributed by atoms with Crippen LogP contribution in [0.3, 0.4) is 0 Å². The number of aliphatic hydroxyl groups excluding tert-OH is 2. The van der Waals surface area contributed by atoms with Gasteiger partial charge in [-0.2, -0.15) is 0 Å². The van der Waals surface area contributed by atoms with Gasteiger partial charge in [-0.25, -0.2) is 9.59 Å². The first-order valence-electron chi connectivity index (χ1n) is 4.42. The van der Waals surface area contributed by atoms with Crippen LogP contribution in [0.15, 0.2) is 24.3 Å². The number of rotatable bonds is 3. The zero-order valence-corrected chi connectivity index (χ0v) is 8.65. The second-order valence-electron chi connectivity index (χ2n) is 2.85. The van der Waals surface area contributed by atoms with Gasteiger partial charge in [-0.1, -0.05) is 0 Å². The molecule has 0 atom stereocenters. The van der Waals surface area contributed by atoms with Gasteiger partial charge >= 0.3 is 11.9 Å². The predicted molar refractivity (Wildman–Crippen MR) is 55.7 cm³/mol. The number of hydrogen-bond donors (Lipinski definition) is 5. The maximum absolute atomic E-state index is 10.3. The number of carbonyl (C=O) groups is 2. The number of aliphatic hydroxyl groups is 3. The molecule has 1 rings (SSSR count). The van der Waals surface area contributed by atoms with E-state index in [4.69, 9.17) is 25.5 Å². The van der Waals surface area contributed by atoms with Crippen LogP contribution in [-0.2, 0) is 0 Å². The molecule has 17 heavy (non-hydrogen) atoms. The molecule has 0 amide bonds. The maximum Gasteiger partial charge on any atom is 0.335 e. The molecule has 0 saturated carbocycles. The van der Waals surface area contributed by atoms with E-state index in [2.05, 4.69) is 0 Å². The summed E-state index contributed by atoms with van der Waals surface area (Å²) in [6.45, 7) is -0.583. The van der Waals surface area contributed by atoms with Gasteiger partial charge in [0.15, 0.2) is 6.29 Å². The molecule has 0 aromatic heterocycles. The van der Waals surface area contributed by atoms with Crippen LogP contribution in [-0.4, -0.2) is 50.4 Å². The first-order chi connectivity index (χ1) is 7.88. The van der Waals surface area contributed by atoms with Gasteiger partial charge in [0.1, 0.15) is 0 Å². The average molecular weight is 244 g/mol. The lowest BCUT2D eigenvalue weighted by Gasteiger charge is -1.94. The van der Waals surface area contributed by atoms with E-state index in [0.29, 0.717) is 0 Å². The van der Waals surface area contributed by atoms with E-state index in [9.17, 15) is 9.59 Å². The monoisotopic (exact) mass is 244 g/mol. The molecule has 0 aliphatic heterocycles. The van der Waals surface area contributed by atoms with E-state index in [0.717, 1.165) is 0 Å². The predicted octanol–water partition coefficient (Wildman–Crippen LogP) is -0.628. The lowest BCUT2D eigenvalue weighted by atomic mass is 10.1. The topological polar surface area (TPSA) is 135 Å². The number of carboxylic acids is 2. The van der Waals surface area contributed by atoms with E-state index < -0.39 is 24.8 Å². The van der Waals surface area contributed by atoms with Crippen LogP contribution in [0, 0.1) is 0 Å². The fourth-order valence-electron chi connectivity index (χ4n) is 0.755. The van der Waals surface area contributed by atoms with Gasteiger partial charge in [-0.15, -0.1) is 0 Å². The summed E-state index contributed by atoms with van der Waals surface area (Å²) in [4.78, 5) is 20.7. The summed E-state index contributed by atoms with van der Waals surface area (Å²) in [6.07, 6.45) is -1.56. The third-order valence-corrected chi connectivity index (χ3v) is 1.54. The molecule has 94 valence electrons. The molecule has 0 aliphatic carbocycles. The van der Waals surface area contributed by atoms with Gasteiger partial charge in [0, 0.05) is 0 Å². The molecule has 0 fully saturated rings. The lowest BCUT2D eigenvalue weighted by Crippen LogP contribution is -2.08. The second-order valence-corrected chi connectivity index (χ2v) is 2.85. The minimum atomic E-state index is -1.56. The van der Waals surface area contributed by atoms with Crippen molar-refractivity contribution in [2.75, 3.05) is 6.61 Å². The van der Waals surface area contributed by atoms with Gasteiger partial charge in [0.2, 0.25) is 0 Å². The van der Waals surface area contributed by atoms with Crippen molar-refractivity contribution in [1.29, 1.82) is 0 Å². The smallest absolute Gasteiger partial charge is 0.335 e. The first kappa shape index (κ1) is 15.0. The summed E-state index contributed by atoms with van der Waals surface area (Å²) in [7, 11) is 0. The van der Waals surface area contributed by atoms with Gasteiger partial charge in [0.05, 0.1) is 17.7 Å². The van der Waals surface area contributed by atoms with Crippen molar-refractivity contribution >= 4 is 11.9 Å². The normalized spacial score (nSPS) is 9.41. The molecule has 0 aliphatic rings. The van der Waals surface area contributed by atoms with E-state index in [1.54, 1.807) is 0 Å². The summed E-state index contributed by atoms with van der Waals surface area (Å²) in [5, 5.41) is 39.9. The Labute approximate surface area is 96.2 Å². The van der Waals surface area contributed by atoms with Gasteiger partial charge in [0.25, 0.3) is 0 Å². The quantitative estimate of drug-likeness (QED) is 0.447. The molecule has 0 unspecified atom stereocenters. The molecule has 1 aromatic carbocycles. The maximum atomic E-state index is 10.3. The number of hydrogen-bond acceptors (Lipinski definition) is 5.